The third-order valence-electron chi connectivity index (χ3n) is 4.21. The van der Waals surface area contributed by atoms with Crippen LogP contribution in [0.5, 0.6) is 0 Å². The van der Waals surface area contributed by atoms with E-state index in [2.05, 4.69) is 17.4 Å². The summed E-state index contributed by atoms with van der Waals surface area (Å²) in [5.41, 5.74) is 2.04. The molecule has 0 fully saturated rings. The summed E-state index contributed by atoms with van der Waals surface area (Å²) in [5, 5.41) is 3.57. The first-order valence-electron chi connectivity index (χ1n) is 8.08. The predicted octanol–water partition coefficient (Wildman–Crippen LogP) is 4.63. The molecule has 0 aliphatic rings. The third kappa shape index (κ3) is 3.32. The van der Waals surface area contributed by atoms with E-state index in [-0.39, 0.29) is 23.3 Å². The van der Waals surface area contributed by atoms with Gasteiger partial charge in [-0.05, 0) is 38.3 Å². The smallest absolute Gasteiger partial charge is 0.287 e. The van der Waals surface area contributed by atoms with Gasteiger partial charge in [0.25, 0.3) is 5.91 Å². The van der Waals surface area contributed by atoms with Crippen molar-refractivity contribution < 1.29 is 13.6 Å². The van der Waals surface area contributed by atoms with Crippen molar-refractivity contribution in [1.82, 2.24) is 5.32 Å². The molecule has 124 valence electrons. The Morgan fingerprint density at radius 2 is 1.92 bits per heavy atom. The minimum Gasteiger partial charge on any atom is -0.448 e. The van der Waals surface area contributed by atoms with Crippen LogP contribution in [0.4, 0.5) is 4.39 Å². The first-order valence-corrected chi connectivity index (χ1v) is 8.08. The van der Waals surface area contributed by atoms with Gasteiger partial charge in [0.2, 0.25) is 0 Å². The molecule has 24 heavy (non-hydrogen) atoms. The number of para-hydroxylation sites is 1. The standard InChI is InChI=1S/C20H20FNO2/c1-13(11-12-15-7-4-3-5-8-15)22-20(23)18-14(2)16-9-6-10-17(21)19(16)24-18/h3-10,13H,11-12H2,1-2H3,(H,22,23). The van der Waals surface area contributed by atoms with Crippen molar-refractivity contribution >= 4 is 16.9 Å². The van der Waals surface area contributed by atoms with Crippen molar-refractivity contribution in [1.29, 1.82) is 0 Å². The Morgan fingerprint density at radius 3 is 2.62 bits per heavy atom. The Labute approximate surface area is 140 Å². The fraction of sp³-hybridized carbons (Fsp3) is 0.250. The molecule has 3 nitrogen and oxygen atoms in total. The number of rotatable bonds is 5. The van der Waals surface area contributed by atoms with Crippen LogP contribution in [0.2, 0.25) is 0 Å². The zero-order valence-electron chi connectivity index (χ0n) is 13.8. The number of carbonyl (C=O) groups is 1. The highest BCUT2D eigenvalue weighted by molar-refractivity contribution is 5.99. The van der Waals surface area contributed by atoms with Gasteiger partial charge in [-0.2, -0.15) is 0 Å². The van der Waals surface area contributed by atoms with E-state index in [1.54, 1.807) is 19.1 Å². The molecule has 0 saturated heterocycles. The molecule has 3 rings (SSSR count). The van der Waals surface area contributed by atoms with Crippen molar-refractivity contribution in [3.8, 4) is 0 Å². The minimum absolute atomic E-state index is 0.00448. The molecule has 2 aromatic carbocycles. The second-order valence-corrected chi connectivity index (χ2v) is 6.07. The molecule has 3 aromatic rings. The van der Waals surface area contributed by atoms with Crippen LogP contribution in [0.25, 0.3) is 11.0 Å². The summed E-state index contributed by atoms with van der Waals surface area (Å²) in [7, 11) is 0. The van der Waals surface area contributed by atoms with Crippen LogP contribution in [0.1, 0.15) is 35.0 Å². The van der Waals surface area contributed by atoms with Crippen molar-refractivity contribution in [2.45, 2.75) is 32.7 Å². The van der Waals surface area contributed by atoms with Gasteiger partial charge in [-0.1, -0.05) is 42.5 Å². The van der Waals surface area contributed by atoms with Crippen LogP contribution in [0.3, 0.4) is 0 Å². The highest BCUT2D eigenvalue weighted by Gasteiger charge is 2.20. The van der Waals surface area contributed by atoms with Crippen LogP contribution in [0.15, 0.2) is 52.9 Å². The maximum absolute atomic E-state index is 13.8. The number of furan rings is 1. The molecule has 0 aliphatic carbocycles. The quantitative estimate of drug-likeness (QED) is 0.743. The van der Waals surface area contributed by atoms with Crippen molar-refractivity contribution in [2.75, 3.05) is 0 Å². The molecule has 0 bridgehead atoms. The Morgan fingerprint density at radius 1 is 1.17 bits per heavy atom. The zero-order valence-corrected chi connectivity index (χ0v) is 13.8. The van der Waals surface area contributed by atoms with Gasteiger partial charge < -0.3 is 9.73 Å². The van der Waals surface area contributed by atoms with Crippen LogP contribution in [0, 0.1) is 12.7 Å². The third-order valence-corrected chi connectivity index (χ3v) is 4.21. The molecular formula is C20H20FNO2. The Bertz CT molecular complexity index is 855. The summed E-state index contributed by atoms with van der Waals surface area (Å²) in [6.45, 7) is 3.73. The van der Waals surface area contributed by atoms with Crippen molar-refractivity contribution in [3.05, 3.63) is 71.2 Å². The average molecular weight is 325 g/mol. The van der Waals surface area contributed by atoms with E-state index < -0.39 is 5.82 Å². The van der Waals surface area contributed by atoms with Gasteiger partial charge in [-0.25, -0.2) is 4.39 Å². The number of fused-ring (bicyclic) bond motifs is 1. The number of nitrogens with one attached hydrogen (secondary N) is 1. The lowest BCUT2D eigenvalue weighted by Gasteiger charge is -2.13. The van der Waals surface area contributed by atoms with Crippen LogP contribution in [-0.4, -0.2) is 11.9 Å². The van der Waals surface area contributed by atoms with E-state index in [1.807, 2.05) is 25.1 Å². The van der Waals surface area contributed by atoms with Gasteiger partial charge in [0.15, 0.2) is 17.2 Å². The van der Waals surface area contributed by atoms with Crippen LogP contribution >= 0.6 is 0 Å². The number of amides is 1. The fourth-order valence-electron chi connectivity index (χ4n) is 2.81. The Kier molecular flexibility index (Phi) is 4.65. The summed E-state index contributed by atoms with van der Waals surface area (Å²) < 4.78 is 19.3. The summed E-state index contributed by atoms with van der Waals surface area (Å²) in [6, 6.07) is 14.8. The van der Waals surface area contributed by atoms with Crippen molar-refractivity contribution in [2.24, 2.45) is 0 Å². The maximum atomic E-state index is 13.8. The van der Waals surface area contributed by atoms with Gasteiger partial charge in [-0.3, -0.25) is 4.79 Å². The molecule has 0 saturated carbocycles. The van der Waals surface area contributed by atoms with Crippen LogP contribution < -0.4 is 5.32 Å². The van der Waals surface area contributed by atoms with Gasteiger partial charge in [0.05, 0.1) is 0 Å². The monoisotopic (exact) mass is 325 g/mol. The molecule has 0 spiro atoms. The summed E-state index contributed by atoms with van der Waals surface area (Å²) >= 11 is 0. The predicted molar refractivity (Wildman–Crippen MR) is 92.6 cm³/mol. The number of aryl methyl sites for hydroxylation is 2. The molecule has 4 heteroatoms. The molecular weight excluding hydrogens is 305 g/mol. The highest BCUT2D eigenvalue weighted by atomic mass is 19.1. The second kappa shape index (κ2) is 6.87. The van der Waals surface area contributed by atoms with Crippen molar-refractivity contribution in [3.63, 3.8) is 0 Å². The van der Waals surface area contributed by atoms with E-state index in [1.165, 1.54) is 11.6 Å². The molecule has 0 aliphatic heterocycles. The lowest BCUT2D eigenvalue weighted by molar-refractivity contribution is 0.0911. The average Bonchev–Trinajstić information content (AvgIpc) is 2.93. The first kappa shape index (κ1) is 16.2. The zero-order chi connectivity index (χ0) is 17.1. The normalized spacial score (nSPS) is 12.3. The molecule has 1 aromatic heterocycles. The number of halogens is 1. The van der Waals surface area contributed by atoms with E-state index in [0.29, 0.717) is 10.9 Å². The van der Waals surface area contributed by atoms with Gasteiger partial charge in [-0.15, -0.1) is 0 Å². The van der Waals surface area contributed by atoms with E-state index in [0.717, 1.165) is 12.8 Å². The lowest BCUT2D eigenvalue weighted by Crippen LogP contribution is -2.33. The summed E-state index contributed by atoms with van der Waals surface area (Å²) in [6.07, 6.45) is 1.71. The maximum Gasteiger partial charge on any atom is 0.287 e. The largest absolute Gasteiger partial charge is 0.448 e. The number of benzene rings is 2. The van der Waals surface area contributed by atoms with Gasteiger partial charge in [0.1, 0.15) is 0 Å². The fourth-order valence-corrected chi connectivity index (χ4v) is 2.81. The topological polar surface area (TPSA) is 42.2 Å². The molecule has 0 radical (unpaired) electrons. The Hall–Kier alpha value is -2.62. The SMILES string of the molecule is Cc1c(C(=O)NC(C)CCc2ccccc2)oc2c(F)cccc12. The van der Waals surface area contributed by atoms with E-state index in [9.17, 15) is 9.18 Å². The molecule has 1 N–H and O–H groups in total. The Balaban J connectivity index is 1.68. The lowest BCUT2D eigenvalue weighted by atomic mass is 10.1. The first-order chi connectivity index (χ1) is 11.6. The number of hydrogen-bond acceptors (Lipinski definition) is 2. The highest BCUT2D eigenvalue weighted by Crippen LogP contribution is 2.27. The second-order valence-electron chi connectivity index (χ2n) is 6.07. The molecule has 1 amide bonds. The molecule has 1 unspecified atom stereocenters. The summed E-state index contributed by atoms with van der Waals surface area (Å²) in [5.74, 6) is -0.572. The van der Waals surface area contributed by atoms with Gasteiger partial charge in [0, 0.05) is 17.0 Å². The number of carbonyl (C=O) groups excluding carboxylic acids is 1. The summed E-state index contributed by atoms with van der Waals surface area (Å²) in [4.78, 5) is 12.4. The van der Waals surface area contributed by atoms with Gasteiger partial charge >= 0.3 is 0 Å². The van der Waals surface area contributed by atoms with E-state index in [4.69, 9.17) is 4.42 Å². The van der Waals surface area contributed by atoms with Crippen LogP contribution in [-0.2, 0) is 6.42 Å². The minimum atomic E-state index is -0.452. The molecule has 1 heterocycles. The molecule has 1 atom stereocenters. The van der Waals surface area contributed by atoms with E-state index >= 15 is 0 Å². The number of hydrogen-bond donors (Lipinski definition) is 1.